The van der Waals surface area contributed by atoms with Gasteiger partial charge in [-0.15, -0.1) is 0 Å². The topological polar surface area (TPSA) is 12.0 Å². The summed E-state index contributed by atoms with van der Waals surface area (Å²) in [4.78, 5) is 0. The minimum Gasteiger partial charge on any atom is -0.320 e. The molecular formula is C11H25N. The molecule has 1 heteroatoms. The Morgan fingerprint density at radius 1 is 1.08 bits per heavy atom. The van der Waals surface area contributed by atoms with E-state index in [1.807, 2.05) is 7.05 Å². The molecule has 0 unspecified atom stereocenters. The van der Waals surface area contributed by atoms with Crippen molar-refractivity contribution < 1.29 is 0 Å². The molecule has 0 aromatic heterocycles. The largest absolute Gasteiger partial charge is 0.320 e. The molecule has 0 heterocycles. The lowest BCUT2D eigenvalue weighted by Gasteiger charge is -2.09. The number of rotatable bonds is 8. The molecule has 1 nitrogen and oxygen atoms in total. The SMILES string of the molecule is CCCC[C@@H](C)CCCCNC. The molecule has 0 aliphatic rings. The summed E-state index contributed by atoms with van der Waals surface area (Å²) < 4.78 is 0. The zero-order valence-corrected chi connectivity index (χ0v) is 9.03. The lowest BCUT2D eigenvalue weighted by Crippen LogP contribution is -2.07. The minimum absolute atomic E-state index is 0.946. The lowest BCUT2D eigenvalue weighted by molar-refractivity contribution is 0.447. The van der Waals surface area contributed by atoms with Crippen LogP contribution >= 0.6 is 0 Å². The Labute approximate surface area is 77.9 Å². The molecule has 0 radical (unpaired) electrons. The van der Waals surface area contributed by atoms with Crippen molar-refractivity contribution in [1.82, 2.24) is 5.32 Å². The van der Waals surface area contributed by atoms with Crippen LogP contribution in [0.15, 0.2) is 0 Å². The van der Waals surface area contributed by atoms with Crippen LogP contribution in [0, 0.1) is 5.92 Å². The molecule has 0 aliphatic heterocycles. The summed E-state index contributed by atoms with van der Waals surface area (Å²) in [6, 6.07) is 0. The van der Waals surface area contributed by atoms with Crippen molar-refractivity contribution in [3.8, 4) is 0 Å². The maximum atomic E-state index is 3.18. The summed E-state index contributed by atoms with van der Waals surface area (Å²) in [5.41, 5.74) is 0. The second kappa shape index (κ2) is 9.05. The molecule has 0 aromatic carbocycles. The van der Waals surface area contributed by atoms with Crippen molar-refractivity contribution in [2.45, 2.75) is 52.4 Å². The van der Waals surface area contributed by atoms with Gasteiger partial charge in [0.1, 0.15) is 0 Å². The molecule has 0 spiro atoms. The predicted molar refractivity (Wildman–Crippen MR) is 56.5 cm³/mol. The van der Waals surface area contributed by atoms with Gasteiger partial charge < -0.3 is 5.32 Å². The fraction of sp³-hybridized carbons (Fsp3) is 1.00. The fourth-order valence-electron chi connectivity index (χ4n) is 1.49. The Kier molecular flexibility index (Phi) is 9.02. The molecular weight excluding hydrogens is 146 g/mol. The highest BCUT2D eigenvalue weighted by molar-refractivity contribution is 4.54. The minimum atomic E-state index is 0.946. The van der Waals surface area contributed by atoms with Crippen LogP contribution in [-0.2, 0) is 0 Å². The Hall–Kier alpha value is -0.0400. The Morgan fingerprint density at radius 2 is 1.75 bits per heavy atom. The van der Waals surface area contributed by atoms with E-state index in [1.54, 1.807) is 0 Å². The highest BCUT2D eigenvalue weighted by Gasteiger charge is 1.99. The molecule has 0 rings (SSSR count). The predicted octanol–water partition coefficient (Wildman–Crippen LogP) is 3.20. The van der Waals surface area contributed by atoms with E-state index >= 15 is 0 Å². The molecule has 12 heavy (non-hydrogen) atoms. The highest BCUT2D eigenvalue weighted by atomic mass is 14.8. The molecule has 0 saturated heterocycles. The van der Waals surface area contributed by atoms with Crippen molar-refractivity contribution in [3.63, 3.8) is 0 Å². The van der Waals surface area contributed by atoms with E-state index in [9.17, 15) is 0 Å². The van der Waals surface area contributed by atoms with Crippen LogP contribution in [0.2, 0.25) is 0 Å². The van der Waals surface area contributed by atoms with Crippen LogP contribution in [-0.4, -0.2) is 13.6 Å². The summed E-state index contributed by atoms with van der Waals surface area (Å²) in [7, 11) is 2.03. The van der Waals surface area contributed by atoms with Crippen LogP contribution in [0.5, 0.6) is 0 Å². The molecule has 0 fully saturated rings. The smallest absolute Gasteiger partial charge is 0.00519 e. The average molecular weight is 171 g/mol. The van der Waals surface area contributed by atoms with Gasteiger partial charge in [0.15, 0.2) is 0 Å². The second-order valence-electron chi connectivity index (χ2n) is 3.85. The van der Waals surface area contributed by atoms with Gasteiger partial charge in [-0.05, 0) is 25.9 Å². The van der Waals surface area contributed by atoms with Crippen molar-refractivity contribution >= 4 is 0 Å². The summed E-state index contributed by atoms with van der Waals surface area (Å²) in [6.07, 6.45) is 8.34. The monoisotopic (exact) mass is 171 g/mol. The van der Waals surface area contributed by atoms with Crippen molar-refractivity contribution in [3.05, 3.63) is 0 Å². The van der Waals surface area contributed by atoms with Gasteiger partial charge in [0, 0.05) is 0 Å². The summed E-state index contributed by atoms with van der Waals surface area (Å²) >= 11 is 0. The van der Waals surface area contributed by atoms with E-state index in [2.05, 4.69) is 19.2 Å². The third kappa shape index (κ3) is 8.06. The number of nitrogens with one attached hydrogen (secondary N) is 1. The van der Waals surface area contributed by atoms with Crippen LogP contribution in [0.3, 0.4) is 0 Å². The first-order valence-corrected chi connectivity index (χ1v) is 5.45. The van der Waals surface area contributed by atoms with Gasteiger partial charge in [0.25, 0.3) is 0 Å². The van der Waals surface area contributed by atoms with Gasteiger partial charge in [0.2, 0.25) is 0 Å². The Bertz CT molecular complexity index is 81.1. The first-order valence-electron chi connectivity index (χ1n) is 5.45. The second-order valence-corrected chi connectivity index (χ2v) is 3.85. The number of hydrogen-bond acceptors (Lipinski definition) is 1. The molecule has 1 N–H and O–H groups in total. The maximum absolute atomic E-state index is 3.18. The van der Waals surface area contributed by atoms with Gasteiger partial charge in [0.05, 0.1) is 0 Å². The third-order valence-electron chi connectivity index (χ3n) is 2.42. The van der Waals surface area contributed by atoms with E-state index < -0.39 is 0 Å². The van der Waals surface area contributed by atoms with Crippen LogP contribution in [0.1, 0.15) is 52.4 Å². The van der Waals surface area contributed by atoms with Gasteiger partial charge >= 0.3 is 0 Å². The standard InChI is InChI=1S/C11H25N/c1-4-5-8-11(2)9-6-7-10-12-3/h11-12H,4-10H2,1-3H3/t11-/m1/s1. The molecule has 0 aliphatic carbocycles. The summed E-state index contributed by atoms with van der Waals surface area (Å²) in [5, 5.41) is 3.18. The zero-order valence-electron chi connectivity index (χ0n) is 9.03. The van der Waals surface area contributed by atoms with Crippen LogP contribution < -0.4 is 5.32 Å². The first kappa shape index (κ1) is 12.0. The van der Waals surface area contributed by atoms with E-state index in [1.165, 1.54) is 45.1 Å². The van der Waals surface area contributed by atoms with Crippen LogP contribution in [0.25, 0.3) is 0 Å². The number of unbranched alkanes of at least 4 members (excludes halogenated alkanes) is 2. The van der Waals surface area contributed by atoms with Gasteiger partial charge in [-0.1, -0.05) is 46.0 Å². The molecule has 1 atom stereocenters. The zero-order chi connectivity index (χ0) is 9.23. The van der Waals surface area contributed by atoms with E-state index in [0.29, 0.717) is 0 Å². The van der Waals surface area contributed by atoms with Crippen molar-refractivity contribution in [2.24, 2.45) is 5.92 Å². The first-order chi connectivity index (χ1) is 5.81. The van der Waals surface area contributed by atoms with Gasteiger partial charge in [-0.2, -0.15) is 0 Å². The highest BCUT2D eigenvalue weighted by Crippen LogP contribution is 2.14. The molecule has 0 aromatic rings. The third-order valence-corrected chi connectivity index (χ3v) is 2.42. The summed E-state index contributed by atoms with van der Waals surface area (Å²) in [5.74, 6) is 0.946. The van der Waals surface area contributed by atoms with E-state index in [0.717, 1.165) is 5.92 Å². The maximum Gasteiger partial charge on any atom is -0.00519 e. The van der Waals surface area contributed by atoms with Crippen LogP contribution in [0.4, 0.5) is 0 Å². The van der Waals surface area contributed by atoms with E-state index in [-0.39, 0.29) is 0 Å². The normalized spacial score (nSPS) is 13.2. The Balaban J connectivity index is 3.02. The Morgan fingerprint density at radius 3 is 2.33 bits per heavy atom. The molecule has 74 valence electrons. The molecule has 0 amide bonds. The molecule has 0 bridgehead atoms. The quantitative estimate of drug-likeness (QED) is 0.553. The molecule has 0 saturated carbocycles. The van der Waals surface area contributed by atoms with Crippen molar-refractivity contribution in [2.75, 3.05) is 13.6 Å². The van der Waals surface area contributed by atoms with Gasteiger partial charge in [-0.25, -0.2) is 0 Å². The average Bonchev–Trinajstić information content (AvgIpc) is 2.09. The summed E-state index contributed by atoms with van der Waals surface area (Å²) in [6.45, 7) is 5.84. The van der Waals surface area contributed by atoms with Gasteiger partial charge in [-0.3, -0.25) is 0 Å². The number of hydrogen-bond donors (Lipinski definition) is 1. The lowest BCUT2D eigenvalue weighted by atomic mass is 9.98. The van der Waals surface area contributed by atoms with Crippen molar-refractivity contribution in [1.29, 1.82) is 0 Å². The van der Waals surface area contributed by atoms with E-state index in [4.69, 9.17) is 0 Å². The fourth-order valence-corrected chi connectivity index (χ4v) is 1.49.